The first-order valence-corrected chi connectivity index (χ1v) is 13.0. The fraction of sp³-hybridized carbons (Fsp3) is 0.810. The summed E-state index contributed by atoms with van der Waals surface area (Å²) in [4.78, 5) is 27.1. The Hall–Kier alpha value is -1.12. The van der Waals surface area contributed by atoms with Gasteiger partial charge in [0.05, 0.1) is 24.1 Å². The van der Waals surface area contributed by atoms with Crippen molar-refractivity contribution in [2.75, 3.05) is 39.1 Å². The minimum absolute atomic E-state index is 0.115. The highest BCUT2D eigenvalue weighted by atomic mass is 35.5. The molecule has 3 aliphatic rings. The van der Waals surface area contributed by atoms with Crippen molar-refractivity contribution in [1.29, 1.82) is 0 Å². The minimum atomic E-state index is -1.45. The van der Waals surface area contributed by atoms with Crippen LogP contribution >= 0.6 is 23.4 Å². The molecule has 0 radical (unpaired) electrons. The number of hydrogen-bond donors (Lipinski definition) is 5. The maximum absolute atomic E-state index is 13.2. The number of aliphatic hydroxyl groups excluding tert-OH is 3. The van der Waals surface area contributed by atoms with Crippen LogP contribution in [0.1, 0.15) is 6.92 Å². The number of amides is 2. The second-order valence-corrected chi connectivity index (χ2v) is 10.3. The number of alkyl halides is 1. The molecule has 2 unspecified atom stereocenters. The van der Waals surface area contributed by atoms with E-state index in [2.05, 4.69) is 17.2 Å². The summed E-state index contributed by atoms with van der Waals surface area (Å²) < 4.78 is 16.9. The van der Waals surface area contributed by atoms with Crippen LogP contribution in [-0.2, 0) is 19.0 Å². The van der Waals surface area contributed by atoms with Gasteiger partial charge in [0.25, 0.3) is 0 Å². The third-order valence-electron chi connectivity index (χ3n) is 6.38. The van der Waals surface area contributed by atoms with Crippen molar-refractivity contribution in [1.82, 2.24) is 15.5 Å². The van der Waals surface area contributed by atoms with Crippen molar-refractivity contribution in [3.05, 3.63) is 12.7 Å². The number of rotatable bonds is 7. The molecule has 0 bridgehead atoms. The molecule has 0 aliphatic carbocycles. The van der Waals surface area contributed by atoms with E-state index in [1.54, 1.807) is 18.1 Å². The monoisotopic (exact) mass is 523 g/mol. The maximum Gasteiger partial charge on any atom is 0.410 e. The topological polar surface area (TPSA) is 150 Å². The standard InChI is InChI=1S/C21H34ClN3O8S/c1-4-6-32-21(30)25-5-7-31-17-11(9-25)8-23-13(17)19(29)24-12(10(2)22)18-15(27)14(26)16(28)20(33-18)34-3/h4,10-18,20,23,26-28H,1,5-9H2,2-3H3,(H,24,29)/t10-,11+,12+,13-,14?,15-,16+,17+,18+,20?/m0/s1. The molecule has 5 N–H and O–H groups in total. The number of aliphatic hydroxyl groups is 3. The van der Waals surface area contributed by atoms with Gasteiger partial charge in [-0.05, 0) is 13.2 Å². The smallest absolute Gasteiger partial charge is 0.410 e. The van der Waals surface area contributed by atoms with Crippen molar-refractivity contribution in [2.24, 2.45) is 5.92 Å². The highest BCUT2D eigenvalue weighted by molar-refractivity contribution is 7.99. The number of carbonyl (C=O) groups excluding carboxylic acids is 2. The largest absolute Gasteiger partial charge is 0.445 e. The molecule has 3 fully saturated rings. The van der Waals surface area contributed by atoms with Gasteiger partial charge in [-0.25, -0.2) is 4.79 Å². The molecule has 34 heavy (non-hydrogen) atoms. The Kier molecular flexibility index (Phi) is 9.87. The van der Waals surface area contributed by atoms with Gasteiger partial charge in [0, 0.05) is 25.6 Å². The molecule has 3 heterocycles. The highest BCUT2D eigenvalue weighted by Gasteiger charge is 2.49. The fourth-order valence-electron chi connectivity index (χ4n) is 4.56. The molecule has 194 valence electrons. The Morgan fingerprint density at radius 1 is 1.35 bits per heavy atom. The molecule has 13 heteroatoms. The number of ether oxygens (including phenoxy) is 3. The van der Waals surface area contributed by atoms with E-state index >= 15 is 0 Å². The van der Waals surface area contributed by atoms with Crippen LogP contribution in [0.5, 0.6) is 0 Å². The van der Waals surface area contributed by atoms with E-state index in [1.165, 1.54) is 17.8 Å². The quantitative estimate of drug-likeness (QED) is 0.205. The van der Waals surface area contributed by atoms with Crippen LogP contribution in [-0.4, -0.2) is 125 Å². The van der Waals surface area contributed by atoms with E-state index in [-0.39, 0.29) is 19.1 Å². The van der Waals surface area contributed by atoms with Gasteiger partial charge in [0.1, 0.15) is 42.5 Å². The average molecular weight is 524 g/mol. The van der Waals surface area contributed by atoms with Crippen molar-refractivity contribution in [3.8, 4) is 0 Å². The molecular formula is C21H34ClN3O8S. The molecular weight excluding hydrogens is 490 g/mol. The number of thioether (sulfide) groups is 1. The summed E-state index contributed by atoms with van der Waals surface area (Å²) >= 11 is 7.54. The molecule has 0 saturated carbocycles. The summed E-state index contributed by atoms with van der Waals surface area (Å²) in [6, 6.07) is -1.56. The fourth-order valence-corrected chi connectivity index (χ4v) is 5.45. The number of halogens is 1. The molecule has 0 spiro atoms. The number of carbonyl (C=O) groups is 2. The number of hydrogen-bond acceptors (Lipinski definition) is 10. The predicted molar refractivity (Wildman–Crippen MR) is 126 cm³/mol. The van der Waals surface area contributed by atoms with Gasteiger partial charge in [-0.1, -0.05) is 12.7 Å². The van der Waals surface area contributed by atoms with E-state index in [0.717, 1.165) is 0 Å². The van der Waals surface area contributed by atoms with Crippen LogP contribution in [0.15, 0.2) is 12.7 Å². The third kappa shape index (κ3) is 5.98. The number of nitrogens with zero attached hydrogens (tertiary/aromatic N) is 1. The number of fused-ring (bicyclic) bond motifs is 1. The van der Waals surface area contributed by atoms with Crippen LogP contribution in [0.3, 0.4) is 0 Å². The lowest BCUT2D eigenvalue weighted by molar-refractivity contribution is -0.205. The zero-order valence-electron chi connectivity index (χ0n) is 19.2. The van der Waals surface area contributed by atoms with Gasteiger partial charge in [-0.15, -0.1) is 23.4 Å². The zero-order valence-corrected chi connectivity index (χ0v) is 20.8. The summed E-state index contributed by atoms with van der Waals surface area (Å²) in [6.45, 7) is 6.71. The van der Waals surface area contributed by atoms with Gasteiger partial charge in [-0.3, -0.25) is 4.79 Å². The first-order valence-electron chi connectivity index (χ1n) is 11.2. The lowest BCUT2D eigenvalue weighted by atomic mass is 9.92. The number of nitrogens with one attached hydrogen (secondary N) is 2. The van der Waals surface area contributed by atoms with Crippen LogP contribution in [0.4, 0.5) is 4.79 Å². The van der Waals surface area contributed by atoms with Crippen LogP contribution in [0.2, 0.25) is 0 Å². The molecule has 10 atom stereocenters. The first kappa shape index (κ1) is 27.5. The Labute approximate surface area is 208 Å². The van der Waals surface area contributed by atoms with E-state index in [1.807, 2.05) is 0 Å². The summed E-state index contributed by atoms with van der Waals surface area (Å²) in [5.74, 6) is -0.527. The summed E-state index contributed by atoms with van der Waals surface area (Å²) in [7, 11) is 0. The van der Waals surface area contributed by atoms with E-state index in [4.69, 9.17) is 25.8 Å². The van der Waals surface area contributed by atoms with Crippen LogP contribution < -0.4 is 10.6 Å². The molecule has 0 aromatic rings. The van der Waals surface area contributed by atoms with Gasteiger partial charge in [0.15, 0.2) is 0 Å². The van der Waals surface area contributed by atoms with Gasteiger partial charge < -0.3 is 45.1 Å². The zero-order chi connectivity index (χ0) is 25.0. The maximum atomic E-state index is 13.2. The molecule has 0 aromatic carbocycles. The summed E-state index contributed by atoms with van der Waals surface area (Å²) in [5, 5.41) is 36.3. The lowest BCUT2D eigenvalue weighted by Crippen LogP contribution is -2.65. The molecule has 3 rings (SSSR count). The summed E-state index contributed by atoms with van der Waals surface area (Å²) in [5.41, 5.74) is -0.788. The lowest BCUT2D eigenvalue weighted by Gasteiger charge is -2.44. The van der Waals surface area contributed by atoms with Crippen molar-refractivity contribution in [3.63, 3.8) is 0 Å². The first-order chi connectivity index (χ1) is 16.2. The van der Waals surface area contributed by atoms with E-state index in [0.29, 0.717) is 19.6 Å². The van der Waals surface area contributed by atoms with Crippen molar-refractivity contribution in [2.45, 2.75) is 60.3 Å². The van der Waals surface area contributed by atoms with Gasteiger partial charge >= 0.3 is 6.09 Å². The van der Waals surface area contributed by atoms with E-state index in [9.17, 15) is 24.9 Å². The van der Waals surface area contributed by atoms with Crippen LogP contribution in [0.25, 0.3) is 0 Å². The molecule has 0 aromatic heterocycles. The average Bonchev–Trinajstić information content (AvgIpc) is 3.09. The third-order valence-corrected chi connectivity index (χ3v) is 7.51. The van der Waals surface area contributed by atoms with Crippen LogP contribution in [0, 0.1) is 5.92 Å². The molecule has 3 saturated heterocycles. The Balaban J connectivity index is 1.67. The summed E-state index contributed by atoms with van der Waals surface area (Å²) in [6.07, 6.45) is -2.94. The SMILES string of the molecule is C=CCOC(=O)N1CCO[C@@H]2[C@H](CN[C@@H]2C(=O)N[C@@H]([C@H]2OC(SC)[C@H](O)C(O)[C@@H]2O)[C@H](C)Cl)C1. The molecule has 3 aliphatic heterocycles. The Morgan fingerprint density at radius 2 is 2.09 bits per heavy atom. The van der Waals surface area contributed by atoms with Crippen molar-refractivity contribution < 1.29 is 39.1 Å². The predicted octanol–water partition coefficient (Wildman–Crippen LogP) is -1.12. The van der Waals surface area contributed by atoms with E-state index < -0.39 is 65.4 Å². The Bertz CT molecular complexity index is 732. The molecule has 11 nitrogen and oxygen atoms in total. The Morgan fingerprint density at radius 3 is 2.74 bits per heavy atom. The van der Waals surface area contributed by atoms with Crippen molar-refractivity contribution >= 4 is 35.4 Å². The normalized spacial score (nSPS) is 37.8. The second kappa shape index (κ2) is 12.2. The molecule has 2 amide bonds. The minimum Gasteiger partial charge on any atom is -0.445 e. The van der Waals surface area contributed by atoms with Gasteiger partial charge in [0.2, 0.25) is 5.91 Å². The van der Waals surface area contributed by atoms with Gasteiger partial charge in [-0.2, -0.15) is 0 Å². The highest BCUT2D eigenvalue weighted by Crippen LogP contribution is 2.31. The second-order valence-electron chi connectivity index (χ2n) is 8.68.